The molecule has 0 radical (unpaired) electrons. The van der Waals surface area contributed by atoms with Gasteiger partial charge in [-0.3, -0.25) is 4.79 Å². The number of ether oxygens (including phenoxy) is 2. The summed E-state index contributed by atoms with van der Waals surface area (Å²) in [6.45, 7) is 3.39. The van der Waals surface area contributed by atoms with Gasteiger partial charge in [-0.05, 0) is 37.1 Å². The highest BCUT2D eigenvalue weighted by atomic mass is 19.1. The van der Waals surface area contributed by atoms with Crippen LogP contribution in [0.25, 0.3) is 0 Å². The van der Waals surface area contributed by atoms with Gasteiger partial charge in [0.2, 0.25) is 11.6 Å². The van der Waals surface area contributed by atoms with E-state index in [0.717, 1.165) is 12.1 Å². The minimum atomic E-state index is -0.931. The molecule has 0 spiro atoms. The molecule has 2 aromatic rings. The Bertz CT molecular complexity index is 754. The van der Waals surface area contributed by atoms with Crippen molar-refractivity contribution in [3.63, 3.8) is 0 Å². The second-order valence-corrected chi connectivity index (χ2v) is 4.76. The number of aldehydes is 1. The van der Waals surface area contributed by atoms with Gasteiger partial charge < -0.3 is 9.47 Å². The predicted molar refractivity (Wildman–Crippen MR) is 81.4 cm³/mol. The van der Waals surface area contributed by atoms with Crippen molar-refractivity contribution in [1.29, 1.82) is 0 Å². The van der Waals surface area contributed by atoms with Crippen LogP contribution in [0, 0.1) is 11.6 Å². The number of esters is 1. The molecule has 0 amide bonds. The highest BCUT2D eigenvalue weighted by molar-refractivity contribution is 6.00. The average molecular weight is 335 g/mol. The van der Waals surface area contributed by atoms with Gasteiger partial charge in [0.05, 0.1) is 6.61 Å². The first kappa shape index (κ1) is 17.5. The topological polar surface area (TPSA) is 65.5 Å². The number of rotatable bonds is 6. The molecule has 0 saturated heterocycles. The summed E-state index contributed by atoms with van der Waals surface area (Å²) in [6, 6.07) is 3.54. The molecule has 0 atom stereocenters. The third kappa shape index (κ3) is 3.56. The molecular formula is C17H15F2NO4. The molecule has 0 aliphatic heterocycles. The van der Waals surface area contributed by atoms with E-state index in [9.17, 15) is 18.4 Å². The summed E-state index contributed by atoms with van der Waals surface area (Å²) < 4.78 is 38.1. The molecule has 7 heteroatoms. The van der Waals surface area contributed by atoms with Crippen molar-refractivity contribution < 1.29 is 27.8 Å². The Morgan fingerprint density at radius 1 is 1.25 bits per heavy atom. The Labute approximate surface area is 137 Å². The molecule has 0 saturated carbocycles. The number of pyridine rings is 1. The number of aromatic nitrogens is 1. The number of carbonyl (C=O) groups is 2. The van der Waals surface area contributed by atoms with Crippen LogP contribution in [0.5, 0.6) is 11.6 Å². The minimum Gasteiger partial charge on any atom is -0.462 e. The van der Waals surface area contributed by atoms with E-state index in [0.29, 0.717) is 18.3 Å². The normalized spacial score (nSPS) is 10.3. The van der Waals surface area contributed by atoms with Crippen molar-refractivity contribution in [1.82, 2.24) is 4.98 Å². The van der Waals surface area contributed by atoms with Gasteiger partial charge in [0, 0.05) is 11.8 Å². The zero-order valence-corrected chi connectivity index (χ0v) is 13.1. The number of hydrogen-bond acceptors (Lipinski definition) is 5. The Balaban J connectivity index is 2.51. The summed E-state index contributed by atoms with van der Waals surface area (Å²) in [4.78, 5) is 26.9. The summed E-state index contributed by atoms with van der Waals surface area (Å²) in [7, 11) is 0. The molecule has 0 fully saturated rings. The fraction of sp³-hybridized carbons (Fsp3) is 0.235. The summed E-state index contributed by atoms with van der Waals surface area (Å²) in [5.41, 5.74) is 0.120. The minimum absolute atomic E-state index is 0.0514. The second-order valence-electron chi connectivity index (χ2n) is 4.76. The molecule has 24 heavy (non-hydrogen) atoms. The summed E-state index contributed by atoms with van der Waals surface area (Å²) in [6.07, 6.45) is 2.05. The van der Waals surface area contributed by atoms with Gasteiger partial charge in [-0.25, -0.2) is 18.6 Å². The van der Waals surface area contributed by atoms with E-state index in [1.165, 1.54) is 12.3 Å². The molecule has 1 aromatic heterocycles. The SMILES string of the molecule is CCOC(=O)c1c(C=O)ccnc1Oc1c(F)cc(CC)cc1F. The number of benzene rings is 1. The quantitative estimate of drug-likeness (QED) is 0.595. The van der Waals surface area contributed by atoms with Gasteiger partial charge in [0.15, 0.2) is 17.9 Å². The Hall–Kier alpha value is -2.83. The molecule has 0 aliphatic carbocycles. The van der Waals surface area contributed by atoms with Crippen LogP contribution >= 0.6 is 0 Å². The van der Waals surface area contributed by atoms with Gasteiger partial charge in [-0.2, -0.15) is 0 Å². The molecule has 1 aromatic carbocycles. The van der Waals surface area contributed by atoms with E-state index < -0.39 is 29.2 Å². The first-order valence-electron chi connectivity index (χ1n) is 7.28. The maximum absolute atomic E-state index is 14.1. The number of aryl methyl sites for hydroxylation is 1. The maximum atomic E-state index is 14.1. The monoisotopic (exact) mass is 335 g/mol. The van der Waals surface area contributed by atoms with Crippen LogP contribution < -0.4 is 4.74 Å². The lowest BCUT2D eigenvalue weighted by Gasteiger charge is -2.12. The lowest BCUT2D eigenvalue weighted by molar-refractivity contribution is 0.0520. The average Bonchev–Trinajstić information content (AvgIpc) is 2.57. The fourth-order valence-corrected chi connectivity index (χ4v) is 2.05. The molecule has 0 N–H and O–H groups in total. The Morgan fingerprint density at radius 2 is 1.92 bits per heavy atom. The number of halogens is 2. The smallest absolute Gasteiger partial charge is 0.344 e. The molecule has 126 valence electrons. The van der Waals surface area contributed by atoms with E-state index in [1.807, 2.05) is 0 Å². The van der Waals surface area contributed by atoms with Crippen molar-refractivity contribution in [3.05, 3.63) is 52.7 Å². The molecule has 5 nitrogen and oxygen atoms in total. The lowest BCUT2D eigenvalue weighted by Crippen LogP contribution is -2.11. The van der Waals surface area contributed by atoms with Gasteiger partial charge in [0.1, 0.15) is 5.56 Å². The third-order valence-electron chi connectivity index (χ3n) is 3.22. The highest BCUT2D eigenvalue weighted by Crippen LogP contribution is 2.31. The Kier molecular flexibility index (Phi) is 5.57. The zero-order valence-electron chi connectivity index (χ0n) is 13.1. The number of carbonyl (C=O) groups excluding carboxylic acids is 2. The zero-order chi connectivity index (χ0) is 17.7. The molecule has 1 heterocycles. The van der Waals surface area contributed by atoms with Crippen molar-refractivity contribution in [2.75, 3.05) is 6.61 Å². The highest BCUT2D eigenvalue weighted by Gasteiger charge is 2.23. The van der Waals surface area contributed by atoms with Crippen LogP contribution in [0.2, 0.25) is 0 Å². The number of nitrogens with zero attached hydrogens (tertiary/aromatic N) is 1. The second kappa shape index (κ2) is 7.63. The first-order valence-corrected chi connectivity index (χ1v) is 7.28. The van der Waals surface area contributed by atoms with Gasteiger partial charge in [0.25, 0.3) is 0 Å². The van der Waals surface area contributed by atoms with Gasteiger partial charge in [-0.15, -0.1) is 0 Å². The van der Waals surface area contributed by atoms with Crippen molar-refractivity contribution in [3.8, 4) is 11.6 Å². The number of hydrogen-bond donors (Lipinski definition) is 0. The summed E-state index contributed by atoms with van der Waals surface area (Å²) in [5, 5.41) is 0. The Morgan fingerprint density at radius 3 is 2.46 bits per heavy atom. The first-order chi connectivity index (χ1) is 11.5. The maximum Gasteiger partial charge on any atom is 0.344 e. The molecule has 0 bridgehead atoms. The van der Waals surface area contributed by atoms with Crippen LogP contribution in [0.3, 0.4) is 0 Å². The molecule has 2 rings (SSSR count). The van der Waals surface area contributed by atoms with Crippen molar-refractivity contribution >= 4 is 12.3 Å². The summed E-state index contributed by atoms with van der Waals surface area (Å²) >= 11 is 0. The predicted octanol–water partition coefficient (Wildman–Crippen LogP) is 3.70. The third-order valence-corrected chi connectivity index (χ3v) is 3.22. The molecule has 0 aliphatic rings. The van der Waals surface area contributed by atoms with Crippen molar-refractivity contribution in [2.24, 2.45) is 0 Å². The van der Waals surface area contributed by atoms with Crippen LogP contribution in [-0.2, 0) is 11.2 Å². The van der Waals surface area contributed by atoms with Gasteiger partial charge >= 0.3 is 5.97 Å². The van der Waals surface area contributed by atoms with Gasteiger partial charge in [-0.1, -0.05) is 6.92 Å². The standard InChI is InChI=1S/C17H15F2NO4/c1-3-10-7-12(18)15(13(19)8-10)24-16-14(17(22)23-4-2)11(9-21)5-6-20-16/h5-9H,3-4H2,1-2H3. The van der Waals surface area contributed by atoms with E-state index in [4.69, 9.17) is 9.47 Å². The molecule has 0 unspecified atom stereocenters. The fourth-order valence-electron chi connectivity index (χ4n) is 2.05. The molecular weight excluding hydrogens is 320 g/mol. The van der Waals surface area contributed by atoms with Crippen LogP contribution in [-0.4, -0.2) is 23.8 Å². The van der Waals surface area contributed by atoms with Crippen molar-refractivity contribution in [2.45, 2.75) is 20.3 Å². The van der Waals surface area contributed by atoms with E-state index in [2.05, 4.69) is 4.98 Å². The van der Waals surface area contributed by atoms with Crippen LogP contribution in [0.15, 0.2) is 24.4 Å². The summed E-state index contributed by atoms with van der Waals surface area (Å²) in [5.74, 6) is -3.83. The van der Waals surface area contributed by atoms with Crippen LogP contribution in [0.4, 0.5) is 8.78 Å². The van der Waals surface area contributed by atoms with Crippen LogP contribution in [0.1, 0.15) is 40.1 Å². The largest absolute Gasteiger partial charge is 0.462 e. The lowest BCUT2D eigenvalue weighted by atomic mass is 10.1. The van der Waals surface area contributed by atoms with E-state index >= 15 is 0 Å². The van der Waals surface area contributed by atoms with E-state index in [-0.39, 0.29) is 17.7 Å². The van der Waals surface area contributed by atoms with E-state index in [1.54, 1.807) is 13.8 Å².